The summed E-state index contributed by atoms with van der Waals surface area (Å²) in [5.41, 5.74) is 2.25. The molecule has 0 saturated carbocycles. The molecule has 1 aromatic heterocycles. The van der Waals surface area contributed by atoms with Gasteiger partial charge in [-0.2, -0.15) is 0 Å². The average Bonchev–Trinajstić information content (AvgIpc) is 3.33. The van der Waals surface area contributed by atoms with Crippen molar-refractivity contribution in [3.05, 3.63) is 50.7 Å². The van der Waals surface area contributed by atoms with E-state index in [0.717, 1.165) is 25.2 Å². The minimum Gasteiger partial charge on any atom is -0.378 e. The lowest BCUT2D eigenvalue weighted by Gasteiger charge is -2.27. The topological polar surface area (TPSA) is 70.7 Å². The van der Waals surface area contributed by atoms with E-state index in [2.05, 4.69) is 41.6 Å². The number of ether oxygens (including phenoxy) is 1. The van der Waals surface area contributed by atoms with E-state index in [1.54, 1.807) is 12.1 Å². The molecule has 3 heterocycles. The van der Waals surface area contributed by atoms with Gasteiger partial charge in [0.2, 0.25) is 0 Å². The second-order valence-corrected chi connectivity index (χ2v) is 9.94. The highest BCUT2D eigenvalue weighted by Gasteiger charge is 2.44. The summed E-state index contributed by atoms with van der Waals surface area (Å²) >= 11 is 7.14. The highest BCUT2D eigenvalue weighted by molar-refractivity contribution is 7.18. The van der Waals surface area contributed by atoms with E-state index < -0.39 is 5.54 Å². The molecular formula is C22H26ClN3O3S. The number of carbonyl (C=O) groups excluding carboxylic acids is 2. The molecule has 2 aliphatic heterocycles. The summed E-state index contributed by atoms with van der Waals surface area (Å²) in [5.74, 6) is -0.183. The molecule has 30 heavy (non-hydrogen) atoms. The lowest BCUT2D eigenvalue weighted by molar-refractivity contribution is -0.122. The van der Waals surface area contributed by atoms with E-state index in [9.17, 15) is 9.59 Å². The van der Waals surface area contributed by atoms with Crippen molar-refractivity contribution in [1.29, 1.82) is 0 Å². The Bertz CT molecular complexity index is 955. The summed E-state index contributed by atoms with van der Waals surface area (Å²) in [5, 5.41) is 5.92. The molecule has 2 aromatic rings. The van der Waals surface area contributed by atoms with Crippen LogP contribution in [0.25, 0.3) is 0 Å². The summed E-state index contributed by atoms with van der Waals surface area (Å²) in [6.07, 6.45) is 1.43. The van der Waals surface area contributed by atoms with Crippen molar-refractivity contribution in [2.24, 2.45) is 0 Å². The zero-order valence-corrected chi connectivity index (χ0v) is 18.7. The maximum absolute atomic E-state index is 13.2. The molecule has 8 heteroatoms. The molecule has 1 saturated heterocycles. The molecule has 0 spiro atoms. The Hall–Kier alpha value is -1.93. The Morgan fingerprint density at radius 2 is 2.13 bits per heavy atom. The molecule has 2 unspecified atom stereocenters. The Morgan fingerprint density at radius 3 is 2.83 bits per heavy atom. The summed E-state index contributed by atoms with van der Waals surface area (Å²) in [6, 6.07) is 9.45. The fraction of sp³-hybridized carbons (Fsp3) is 0.455. The lowest BCUT2D eigenvalue weighted by Crippen LogP contribution is -2.57. The van der Waals surface area contributed by atoms with Crippen molar-refractivity contribution in [2.45, 2.75) is 31.2 Å². The van der Waals surface area contributed by atoms with Gasteiger partial charge in [0, 0.05) is 31.8 Å². The third-order valence-electron chi connectivity index (χ3n) is 5.89. The monoisotopic (exact) mass is 447 g/mol. The Balaban J connectivity index is 1.52. The SMILES string of the molecule is CC1CN(C)CCc2ccc(NC(=O)C3(NC(=O)c4ccc(Cl)s4)CCOC3)cc21. The molecule has 2 atom stereocenters. The van der Waals surface area contributed by atoms with Crippen LogP contribution < -0.4 is 10.6 Å². The average molecular weight is 448 g/mol. The number of anilines is 1. The zero-order valence-electron chi connectivity index (χ0n) is 17.2. The van der Waals surface area contributed by atoms with Crippen LogP contribution in [0.1, 0.15) is 40.1 Å². The van der Waals surface area contributed by atoms with E-state index >= 15 is 0 Å². The van der Waals surface area contributed by atoms with Crippen molar-refractivity contribution < 1.29 is 14.3 Å². The molecule has 160 valence electrons. The van der Waals surface area contributed by atoms with Crippen molar-refractivity contribution in [3.63, 3.8) is 0 Å². The highest BCUT2D eigenvalue weighted by atomic mass is 35.5. The molecular weight excluding hydrogens is 422 g/mol. The Labute approximate surface area is 185 Å². The molecule has 0 aliphatic carbocycles. The molecule has 0 bridgehead atoms. The van der Waals surface area contributed by atoms with Gasteiger partial charge in [-0.15, -0.1) is 11.3 Å². The van der Waals surface area contributed by atoms with Crippen LogP contribution in [0, 0.1) is 0 Å². The van der Waals surface area contributed by atoms with Crippen molar-refractivity contribution >= 4 is 40.4 Å². The van der Waals surface area contributed by atoms with Crippen molar-refractivity contribution in [2.75, 3.05) is 38.7 Å². The third-order valence-corrected chi connectivity index (χ3v) is 7.12. The standard InChI is InChI=1S/C22H26ClN3O3S/c1-14-12-26(2)9-7-15-3-4-16(11-17(14)15)24-21(28)22(8-10-29-13-22)25-20(27)18-5-6-19(23)30-18/h3-6,11,14H,7-10,12-13H2,1-2H3,(H,24,28)(H,25,27). The largest absolute Gasteiger partial charge is 0.378 e. The maximum atomic E-state index is 13.2. The fourth-order valence-electron chi connectivity index (χ4n) is 4.19. The molecule has 2 aliphatic rings. The number of fused-ring (bicyclic) bond motifs is 1. The van der Waals surface area contributed by atoms with Crippen molar-refractivity contribution in [1.82, 2.24) is 10.2 Å². The van der Waals surface area contributed by atoms with Gasteiger partial charge in [-0.25, -0.2) is 0 Å². The molecule has 2 amide bonds. The van der Waals surface area contributed by atoms with E-state index in [0.29, 0.717) is 28.2 Å². The first-order valence-corrected chi connectivity index (χ1v) is 11.3. The van der Waals surface area contributed by atoms with Crippen molar-refractivity contribution in [3.8, 4) is 0 Å². The first-order valence-electron chi connectivity index (χ1n) is 10.1. The number of nitrogens with one attached hydrogen (secondary N) is 2. The van der Waals surface area contributed by atoms with Crippen LogP contribution in [-0.4, -0.2) is 55.6 Å². The fourth-order valence-corrected chi connectivity index (χ4v) is 5.13. The molecule has 0 radical (unpaired) electrons. The molecule has 2 N–H and O–H groups in total. The van der Waals surface area contributed by atoms with Crippen LogP contribution in [0.2, 0.25) is 4.34 Å². The normalized spacial score (nSPS) is 24.2. The molecule has 4 rings (SSSR count). The van der Waals surface area contributed by atoms with Crippen LogP contribution >= 0.6 is 22.9 Å². The van der Waals surface area contributed by atoms with Gasteiger partial charge < -0.3 is 20.3 Å². The van der Waals surface area contributed by atoms with Gasteiger partial charge in [-0.1, -0.05) is 24.6 Å². The van der Waals surface area contributed by atoms with Gasteiger partial charge >= 0.3 is 0 Å². The van der Waals surface area contributed by atoms with Gasteiger partial charge in [0.05, 0.1) is 15.8 Å². The summed E-state index contributed by atoms with van der Waals surface area (Å²) in [7, 11) is 2.14. The summed E-state index contributed by atoms with van der Waals surface area (Å²) in [4.78, 5) is 28.7. The quantitative estimate of drug-likeness (QED) is 0.752. The van der Waals surface area contributed by atoms with Crippen LogP contribution in [-0.2, 0) is 16.0 Å². The van der Waals surface area contributed by atoms with Gasteiger partial charge in [-0.05, 0) is 54.8 Å². The van der Waals surface area contributed by atoms with E-state index in [1.165, 1.54) is 22.5 Å². The second-order valence-electron chi connectivity index (χ2n) is 8.22. The predicted octanol–water partition coefficient (Wildman–Crippen LogP) is 3.52. The summed E-state index contributed by atoms with van der Waals surface area (Å²) in [6.45, 7) is 4.80. The first kappa shape index (κ1) is 21.3. The highest BCUT2D eigenvalue weighted by Crippen LogP contribution is 2.29. The number of thiophene rings is 1. The number of nitrogens with zero attached hydrogens (tertiary/aromatic N) is 1. The zero-order chi connectivity index (χ0) is 21.3. The van der Waals surface area contributed by atoms with Gasteiger partial charge in [0.25, 0.3) is 11.8 Å². The summed E-state index contributed by atoms with van der Waals surface area (Å²) < 4.78 is 6.03. The van der Waals surface area contributed by atoms with E-state index in [4.69, 9.17) is 16.3 Å². The van der Waals surface area contributed by atoms with Crippen LogP contribution in [0.4, 0.5) is 5.69 Å². The number of carbonyl (C=O) groups is 2. The van der Waals surface area contributed by atoms with E-state index in [-0.39, 0.29) is 18.4 Å². The number of halogens is 1. The third kappa shape index (κ3) is 4.39. The minimum absolute atomic E-state index is 0.149. The number of hydrogen-bond acceptors (Lipinski definition) is 5. The lowest BCUT2D eigenvalue weighted by atomic mass is 9.94. The maximum Gasteiger partial charge on any atom is 0.262 e. The number of benzene rings is 1. The Kier molecular flexibility index (Phi) is 6.16. The van der Waals surface area contributed by atoms with Crippen LogP contribution in [0.15, 0.2) is 30.3 Å². The number of likely N-dealkylation sites (N-methyl/N-ethyl adjacent to an activating group) is 1. The van der Waals surface area contributed by atoms with E-state index in [1.807, 2.05) is 6.07 Å². The number of amides is 2. The second kappa shape index (κ2) is 8.67. The van der Waals surface area contributed by atoms with Crippen LogP contribution in [0.5, 0.6) is 0 Å². The number of rotatable bonds is 4. The van der Waals surface area contributed by atoms with Gasteiger partial charge in [0.1, 0.15) is 5.54 Å². The molecule has 6 nitrogen and oxygen atoms in total. The Morgan fingerprint density at radius 1 is 1.30 bits per heavy atom. The smallest absolute Gasteiger partial charge is 0.262 e. The van der Waals surface area contributed by atoms with Crippen LogP contribution in [0.3, 0.4) is 0 Å². The first-order chi connectivity index (χ1) is 14.4. The van der Waals surface area contributed by atoms with Gasteiger partial charge in [-0.3, -0.25) is 9.59 Å². The van der Waals surface area contributed by atoms with Gasteiger partial charge in [0.15, 0.2) is 0 Å². The number of hydrogen-bond donors (Lipinski definition) is 2. The molecule has 1 fully saturated rings. The molecule has 1 aromatic carbocycles. The predicted molar refractivity (Wildman–Crippen MR) is 120 cm³/mol. The minimum atomic E-state index is -1.09.